The average Bonchev–Trinajstić information content (AvgIpc) is 2.93. The van der Waals surface area contributed by atoms with Crippen LogP contribution in [0.3, 0.4) is 0 Å². The molecule has 1 heterocycles. The Hall–Kier alpha value is -2.86. The summed E-state index contributed by atoms with van der Waals surface area (Å²) in [6.07, 6.45) is -0.771. The fraction of sp³-hybridized carbons (Fsp3) is 0.263. The van der Waals surface area contributed by atoms with Gasteiger partial charge in [0, 0.05) is 5.69 Å². The van der Waals surface area contributed by atoms with Gasteiger partial charge in [0.1, 0.15) is 6.54 Å². The van der Waals surface area contributed by atoms with E-state index >= 15 is 0 Å². The van der Waals surface area contributed by atoms with Gasteiger partial charge in [0.25, 0.3) is 5.91 Å². The van der Waals surface area contributed by atoms with E-state index in [0.717, 1.165) is 5.56 Å². The quantitative estimate of drug-likeness (QED) is 0.928. The van der Waals surface area contributed by atoms with Crippen molar-refractivity contribution in [2.75, 3.05) is 11.9 Å². The molecule has 0 radical (unpaired) electrons. The van der Waals surface area contributed by atoms with Gasteiger partial charge in [0.05, 0.1) is 6.10 Å². The second-order valence-electron chi connectivity index (χ2n) is 6.08. The zero-order chi connectivity index (χ0) is 17.8. The minimum absolute atomic E-state index is 0.0368. The van der Waals surface area contributed by atoms with Gasteiger partial charge in [0.15, 0.2) is 6.17 Å². The topological polar surface area (TPSA) is 61.9 Å². The smallest absolute Gasteiger partial charge is 0.308 e. The van der Waals surface area contributed by atoms with E-state index in [1.807, 2.05) is 62.4 Å². The van der Waals surface area contributed by atoms with Gasteiger partial charge < -0.3 is 5.32 Å². The van der Waals surface area contributed by atoms with E-state index in [-0.39, 0.29) is 24.6 Å². The van der Waals surface area contributed by atoms with Crippen molar-refractivity contribution in [2.24, 2.45) is 0 Å². The minimum Gasteiger partial charge on any atom is -0.308 e. The third kappa shape index (κ3) is 3.80. The molecular formula is C19H21N3O3. The molecule has 3 rings (SSSR count). The molecule has 0 aliphatic carbocycles. The molecule has 6 nitrogen and oxygen atoms in total. The monoisotopic (exact) mass is 339 g/mol. The maximum atomic E-state index is 12.8. The van der Waals surface area contributed by atoms with Crippen molar-refractivity contribution < 1.29 is 14.4 Å². The molecule has 6 heteroatoms. The Kier molecular flexibility index (Phi) is 5.00. The van der Waals surface area contributed by atoms with E-state index in [9.17, 15) is 9.59 Å². The number of hydroxylamine groups is 2. The molecule has 0 aromatic heterocycles. The number of amides is 3. The largest absolute Gasteiger partial charge is 0.324 e. The molecule has 25 heavy (non-hydrogen) atoms. The summed E-state index contributed by atoms with van der Waals surface area (Å²) < 4.78 is 0. The molecule has 1 aliphatic rings. The molecule has 1 fully saturated rings. The molecule has 0 bridgehead atoms. The summed E-state index contributed by atoms with van der Waals surface area (Å²) in [5, 5.41) is 4.13. The van der Waals surface area contributed by atoms with Crippen LogP contribution in [0.15, 0.2) is 60.7 Å². The van der Waals surface area contributed by atoms with Crippen LogP contribution in [0.4, 0.5) is 10.5 Å². The first-order valence-corrected chi connectivity index (χ1v) is 8.22. The Morgan fingerprint density at radius 1 is 1.08 bits per heavy atom. The van der Waals surface area contributed by atoms with Gasteiger partial charge in [-0.25, -0.2) is 4.79 Å². The Labute approximate surface area is 146 Å². The first kappa shape index (κ1) is 17.0. The summed E-state index contributed by atoms with van der Waals surface area (Å²) in [4.78, 5) is 32.4. The maximum Gasteiger partial charge on any atom is 0.324 e. The molecule has 1 N–H and O–H groups in total. The van der Waals surface area contributed by atoms with Gasteiger partial charge in [-0.15, -0.1) is 0 Å². The summed E-state index contributed by atoms with van der Waals surface area (Å²) in [7, 11) is 0. The lowest BCUT2D eigenvalue weighted by Gasteiger charge is -2.30. The number of nitrogens with one attached hydrogen (secondary N) is 1. The zero-order valence-corrected chi connectivity index (χ0v) is 14.3. The lowest BCUT2D eigenvalue weighted by Crippen LogP contribution is -2.38. The van der Waals surface area contributed by atoms with Crippen LogP contribution in [-0.2, 0) is 9.63 Å². The van der Waals surface area contributed by atoms with Crippen LogP contribution in [-0.4, -0.2) is 34.6 Å². The molecule has 0 unspecified atom stereocenters. The van der Waals surface area contributed by atoms with Crippen LogP contribution in [0.2, 0.25) is 0 Å². The highest BCUT2D eigenvalue weighted by Crippen LogP contribution is 2.32. The van der Waals surface area contributed by atoms with E-state index in [4.69, 9.17) is 4.84 Å². The van der Waals surface area contributed by atoms with E-state index in [1.54, 1.807) is 12.1 Å². The molecule has 0 saturated carbocycles. The van der Waals surface area contributed by atoms with Crippen LogP contribution in [0.25, 0.3) is 0 Å². The predicted octanol–water partition coefficient (Wildman–Crippen LogP) is 3.40. The third-order valence-corrected chi connectivity index (χ3v) is 3.78. The number of hydrogen-bond donors (Lipinski definition) is 1. The average molecular weight is 339 g/mol. The van der Waals surface area contributed by atoms with Gasteiger partial charge in [0.2, 0.25) is 0 Å². The van der Waals surface area contributed by atoms with Crippen LogP contribution in [0.1, 0.15) is 25.6 Å². The first-order valence-electron chi connectivity index (χ1n) is 8.22. The Morgan fingerprint density at radius 2 is 1.68 bits per heavy atom. The third-order valence-electron chi connectivity index (χ3n) is 3.78. The zero-order valence-electron chi connectivity index (χ0n) is 14.3. The highest BCUT2D eigenvalue weighted by atomic mass is 16.7. The van der Waals surface area contributed by atoms with Crippen molar-refractivity contribution in [3.8, 4) is 0 Å². The second-order valence-corrected chi connectivity index (χ2v) is 6.08. The van der Waals surface area contributed by atoms with Gasteiger partial charge in [-0.3, -0.25) is 14.5 Å². The van der Waals surface area contributed by atoms with Gasteiger partial charge in [-0.05, 0) is 31.5 Å². The number of nitrogens with zero attached hydrogens (tertiary/aromatic N) is 2. The van der Waals surface area contributed by atoms with Crippen LogP contribution < -0.4 is 5.32 Å². The molecule has 2 aromatic rings. The number of urea groups is 1. The highest BCUT2D eigenvalue weighted by molar-refractivity contribution is 5.94. The van der Waals surface area contributed by atoms with Gasteiger partial charge >= 0.3 is 6.03 Å². The summed E-state index contributed by atoms with van der Waals surface area (Å²) in [5.41, 5.74) is 1.49. The molecule has 1 aliphatic heterocycles. The van der Waals surface area contributed by atoms with Crippen molar-refractivity contribution in [1.29, 1.82) is 0 Å². The van der Waals surface area contributed by atoms with Gasteiger partial charge in [-0.2, -0.15) is 5.06 Å². The summed E-state index contributed by atoms with van der Waals surface area (Å²) in [6, 6.07) is 18.2. The van der Waals surface area contributed by atoms with E-state index in [2.05, 4.69) is 5.32 Å². The van der Waals surface area contributed by atoms with Crippen molar-refractivity contribution in [3.05, 3.63) is 66.2 Å². The Morgan fingerprint density at radius 3 is 2.28 bits per heavy atom. The fourth-order valence-electron chi connectivity index (χ4n) is 2.75. The molecular weight excluding hydrogens is 318 g/mol. The number of hydrogen-bond acceptors (Lipinski definition) is 3. The fourth-order valence-corrected chi connectivity index (χ4v) is 2.75. The SMILES string of the molecule is CC(C)ON1C(=O)CN(C(=O)Nc2ccccc2)[C@@H]1c1ccccc1. The summed E-state index contributed by atoms with van der Waals surface area (Å²) in [5.74, 6) is -0.245. The first-order chi connectivity index (χ1) is 12.1. The molecule has 0 spiro atoms. The van der Waals surface area contributed by atoms with Crippen molar-refractivity contribution in [2.45, 2.75) is 26.1 Å². The summed E-state index contributed by atoms with van der Waals surface area (Å²) >= 11 is 0. The normalized spacial score (nSPS) is 17.2. The van der Waals surface area contributed by atoms with Gasteiger partial charge in [-0.1, -0.05) is 48.5 Å². The second kappa shape index (κ2) is 7.36. The van der Waals surface area contributed by atoms with Crippen LogP contribution in [0.5, 0.6) is 0 Å². The number of anilines is 1. The molecule has 3 amide bonds. The lowest BCUT2D eigenvalue weighted by atomic mass is 10.1. The van der Waals surface area contributed by atoms with Crippen LogP contribution >= 0.6 is 0 Å². The number of carbonyl (C=O) groups is 2. The summed E-state index contributed by atoms with van der Waals surface area (Å²) in [6.45, 7) is 3.66. The van der Waals surface area contributed by atoms with E-state index < -0.39 is 6.17 Å². The maximum absolute atomic E-state index is 12.8. The molecule has 130 valence electrons. The van der Waals surface area contributed by atoms with E-state index in [1.165, 1.54) is 9.96 Å². The highest BCUT2D eigenvalue weighted by Gasteiger charge is 2.43. The standard InChI is InChI=1S/C19H21N3O3/c1-14(2)25-22-17(23)13-21(18(22)15-9-5-3-6-10-15)19(24)20-16-11-7-4-8-12-16/h3-12,14,18H,13H2,1-2H3,(H,20,24)/t18-/m0/s1. The minimum atomic E-state index is -0.597. The number of para-hydroxylation sites is 1. The van der Waals surface area contributed by atoms with Crippen molar-refractivity contribution >= 4 is 17.6 Å². The predicted molar refractivity (Wildman–Crippen MR) is 94.4 cm³/mol. The molecule has 1 saturated heterocycles. The van der Waals surface area contributed by atoms with E-state index in [0.29, 0.717) is 5.69 Å². The lowest BCUT2D eigenvalue weighted by molar-refractivity contribution is -0.212. The van der Waals surface area contributed by atoms with Crippen molar-refractivity contribution in [3.63, 3.8) is 0 Å². The Bertz CT molecular complexity index is 734. The molecule has 1 atom stereocenters. The Balaban J connectivity index is 1.88. The molecule has 2 aromatic carbocycles. The van der Waals surface area contributed by atoms with Crippen molar-refractivity contribution in [1.82, 2.24) is 9.96 Å². The number of rotatable bonds is 4. The van der Waals surface area contributed by atoms with Crippen LogP contribution in [0, 0.1) is 0 Å². The number of benzene rings is 2. The number of carbonyl (C=O) groups excluding carboxylic acids is 2.